The number of Topliss-reactive ketones (excluding diaryl/α,β-unsaturated/α-hetero) is 1. The molecule has 0 N–H and O–H groups in total. The normalized spacial score (nSPS) is 11.7. The lowest BCUT2D eigenvalue weighted by molar-refractivity contribution is -0.142. The van der Waals surface area contributed by atoms with Crippen LogP contribution in [0.4, 0.5) is 0 Å². The zero-order chi connectivity index (χ0) is 21.2. The van der Waals surface area contributed by atoms with E-state index in [0.29, 0.717) is 23.0 Å². The molecule has 0 saturated heterocycles. The molecule has 31 heavy (non-hydrogen) atoms. The molecule has 0 unspecified atom stereocenters. The minimum atomic E-state index is -0.502. The van der Waals surface area contributed by atoms with E-state index in [0.717, 1.165) is 17.5 Å². The molecule has 0 radical (unpaired) electrons. The first kappa shape index (κ1) is 19.0. The molecule has 0 saturated carbocycles. The summed E-state index contributed by atoms with van der Waals surface area (Å²) in [6.07, 6.45) is 2.63. The van der Waals surface area contributed by atoms with Gasteiger partial charge in [0.2, 0.25) is 11.7 Å². The summed E-state index contributed by atoms with van der Waals surface area (Å²) in [5, 5.41) is 3.81. The van der Waals surface area contributed by atoms with E-state index in [4.69, 9.17) is 13.7 Å². The van der Waals surface area contributed by atoms with Crippen LogP contribution < -0.4 is 0 Å². The van der Waals surface area contributed by atoms with Crippen LogP contribution in [0.15, 0.2) is 69.8 Å². The number of esters is 1. The highest BCUT2D eigenvalue weighted by atomic mass is 16.5. The van der Waals surface area contributed by atoms with Crippen molar-refractivity contribution in [3.63, 3.8) is 0 Å². The molecule has 2 aromatic carbocycles. The molecular weight excluding hydrogens is 396 g/mol. The Kier molecular flexibility index (Phi) is 4.92. The lowest BCUT2D eigenvalue weighted by Crippen LogP contribution is -2.14. The molecule has 0 atom stereocenters. The highest BCUT2D eigenvalue weighted by Gasteiger charge is 2.20. The minimum Gasteiger partial charge on any atom is -0.461 e. The number of hydrogen-bond acceptors (Lipinski definition) is 7. The Balaban J connectivity index is 1.16. The first-order valence-corrected chi connectivity index (χ1v) is 9.94. The second-order valence-corrected chi connectivity index (χ2v) is 7.28. The summed E-state index contributed by atoms with van der Waals surface area (Å²) in [6, 6.07) is 17.2. The van der Waals surface area contributed by atoms with Crippen LogP contribution in [0.1, 0.15) is 33.8 Å². The first-order chi connectivity index (χ1) is 15.2. The number of rotatable bonds is 7. The third kappa shape index (κ3) is 3.90. The van der Waals surface area contributed by atoms with Crippen molar-refractivity contribution in [2.24, 2.45) is 0 Å². The van der Waals surface area contributed by atoms with Crippen LogP contribution in [-0.4, -0.2) is 28.5 Å². The number of benzene rings is 2. The summed E-state index contributed by atoms with van der Waals surface area (Å²) in [5.74, 6) is 0.366. The van der Waals surface area contributed by atoms with E-state index >= 15 is 0 Å². The largest absolute Gasteiger partial charge is 0.461 e. The summed E-state index contributed by atoms with van der Waals surface area (Å²) < 4.78 is 15.5. The van der Waals surface area contributed by atoms with E-state index in [-0.39, 0.29) is 25.2 Å². The van der Waals surface area contributed by atoms with Gasteiger partial charge in [0, 0.05) is 12.0 Å². The molecule has 0 fully saturated rings. The van der Waals surface area contributed by atoms with Crippen molar-refractivity contribution in [3.05, 3.63) is 83.4 Å². The van der Waals surface area contributed by atoms with Gasteiger partial charge in [0.25, 0.3) is 0 Å². The number of hydrogen-bond donors (Lipinski definition) is 0. The smallest absolute Gasteiger partial charge is 0.306 e. The number of ketones is 1. The molecule has 4 aromatic rings. The molecule has 1 aliphatic carbocycles. The van der Waals surface area contributed by atoms with Crippen molar-refractivity contribution in [2.45, 2.75) is 19.3 Å². The quantitative estimate of drug-likeness (QED) is 0.290. The molecule has 2 aromatic heterocycles. The number of fused-ring (bicyclic) bond motifs is 3. The first-order valence-electron chi connectivity index (χ1n) is 9.94. The van der Waals surface area contributed by atoms with Crippen LogP contribution in [-0.2, 0) is 22.4 Å². The molecule has 7 nitrogen and oxygen atoms in total. The zero-order valence-corrected chi connectivity index (χ0v) is 16.5. The fourth-order valence-electron chi connectivity index (χ4n) is 3.67. The van der Waals surface area contributed by atoms with Crippen molar-refractivity contribution < 1.29 is 23.3 Å². The van der Waals surface area contributed by atoms with Gasteiger partial charge in [-0.25, -0.2) is 0 Å². The molecule has 0 spiro atoms. The van der Waals surface area contributed by atoms with Gasteiger partial charge in [-0.05, 0) is 46.9 Å². The maximum Gasteiger partial charge on any atom is 0.306 e. The number of aromatic nitrogens is 2. The van der Waals surface area contributed by atoms with Gasteiger partial charge in [-0.3, -0.25) is 9.59 Å². The van der Waals surface area contributed by atoms with Crippen LogP contribution >= 0.6 is 0 Å². The van der Waals surface area contributed by atoms with Crippen molar-refractivity contribution in [1.82, 2.24) is 10.1 Å². The van der Waals surface area contributed by atoms with Crippen LogP contribution in [0.3, 0.4) is 0 Å². The fraction of sp³-hybridized carbons (Fsp3) is 0.167. The molecule has 1 aliphatic rings. The zero-order valence-electron chi connectivity index (χ0n) is 16.5. The van der Waals surface area contributed by atoms with E-state index in [1.807, 2.05) is 24.3 Å². The minimum absolute atomic E-state index is 0.0324. The Morgan fingerprint density at radius 3 is 2.74 bits per heavy atom. The third-order valence-electron chi connectivity index (χ3n) is 5.24. The molecular formula is C24H18N2O5. The molecule has 0 aliphatic heterocycles. The summed E-state index contributed by atoms with van der Waals surface area (Å²) in [4.78, 5) is 28.8. The lowest BCUT2D eigenvalue weighted by Gasteiger charge is -2.06. The molecule has 5 rings (SSSR count). The van der Waals surface area contributed by atoms with E-state index in [9.17, 15) is 9.59 Å². The number of carbonyl (C=O) groups excluding carboxylic acids is 2. The van der Waals surface area contributed by atoms with Gasteiger partial charge in [0.15, 0.2) is 18.2 Å². The van der Waals surface area contributed by atoms with Crippen LogP contribution in [0.5, 0.6) is 0 Å². The fourth-order valence-corrected chi connectivity index (χ4v) is 3.67. The van der Waals surface area contributed by atoms with Gasteiger partial charge >= 0.3 is 5.97 Å². The maximum atomic E-state index is 12.5. The number of carbonyl (C=O) groups is 2. The van der Waals surface area contributed by atoms with Gasteiger partial charge in [0.1, 0.15) is 0 Å². The summed E-state index contributed by atoms with van der Waals surface area (Å²) >= 11 is 0. The van der Waals surface area contributed by atoms with E-state index < -0.39 is 5.97 Å². The highest BCUT2D eigenvalue weighted by molar-refractivity contribution is 5.99. The van der Waals surface area contributed by atoms with Crippen molar-refractivity contribution >= 4 is 11.8 Å². The van der Waals surface area contributed by atoms with Gasteiger partial charge in [-0.2, -0.15) is 4.98 Å². The van der Waals surface area contributed by atoms with Crippen LogP contribution in [0, 0.1) is 0 Å². The predicted molar refractivity (Wildman–Crippen MR) is 110 cm³/mol. The van der Waals surface area contributed by atoms with Gasteiger partial charge < -0.3 is 13.7 Å². The average molecular weight is 414 g/mol. The van der Waals surface area contributed by atoms with E-state index in [1.54, 1.807) is 18.2 Å². The maximum absolute atomic E-state index is 12.5. The van der Waals surface area contributed by atoms with Crippen LogP contribution in [0.25, 0.3) is 22.7 Å². The number of aryl methyl sites for hydroxylation is 1. The topological polar surface area (TPSA) is 95.4 Å². The van der Waals surface area contributed by atoms with Gasteiger partial charge in [0.05, 0.1) is 12.7 Å². The Bertz CT molecular complexity index is 1260. The van der Waals surface area contributed by atoms with Crippen molar-refractivity contribution in [2.75, 3.05) is 6.61 Å². The Morgan fingerprint density at radius 2 is 1.87 bits per heavy atom. The summed E-state index contributed by atoms with van der Waals surface area (Å²) in [7, 11) is 0. The highest BCUT2D eigenvalue weighted by Crippen LogP contribution is 2.36. The number of nitrogens with zero attached hydrogens (tertiary/aromatic N) is 2. The molecule has 0 bridgehead atoms. The SMILES string of the molecule is O=C(CCc1nc(-c2ccco2)no1)OCC(=O)c1ccc2c(c1)-c1ccccc1C2. The monoisotopic (exact) mass is 414 g/mol. The molecule has 2 heterocycles. The van der Waals surface area contributed by atoms with E-state index in [1.165, 1.54) is 17.4 Å². The number of furan rings is 1. The van der Waals surface area contributed by atoms with Crippen LogP contribution in [0.2, 0.25) is 0 Å². The van der Waals surface area contributed by atoms with Gasteiger partial charge in [-0.15, -0.1) is 0 Å². The predicted octanol–water partition coefficient (Wildman–Crippen LogP) is 4.26. The Morgan fingerprint density at radius 1 is 1.00 bits per heavy atom. The van der Waals surface area contributed by atoms with Crippen molar-refractivity contribution in [3.8, 4) is 22.7 Å². The van der Waals surface area contributed by atoms with E-state index in [2.05, 4.69) is 22.3 Å². The summed E-state index contributed by atoms with van der Waals surface area (Å²) in [6.45, 7) is -0.305. The second-order valence-electron chi connectivity index (χ2n) is 7.28. The summed E-state index contributed by atoms with van der Waals surface area (Å²) in [5.41, 5.74) is 5.20. The molecule has 7 heteroatoms. The van der Waals surface area contributed by atoms with Gasteiger partial charge in [-0.1, -0.05) is 41.6 Å². The van der Waals surface area contributed by atoms with Crippen molar-refractivity contribution in [1.29, 1.82) is 0 Å². The molecule has 0 amide bonds. The molecule has 154 valence electrons. The third-order valence-corrected chi connectivity index (χ3v) is 5.24. The average Bonchev–Trinajstić information content (AvgIpc) is 3.54. The number of ether oxygens (including phenoxy) is 1. The standard InChI is InChI=1S/C24H18N2O5/c27-20(17-8-7-16-12-15-4-1-2-5-18(15)19(16)13-17)14-30-23(28)10-9-22-25-24(26-31-22)21-6-3-11-29-21/h1-8,11,13H,9-10,12,14H2. The Labute approximate surface area is 177 Å². The second kappa shape index (κ2) is 8.02. The Hall–Kier alpha value is -4.00. The lowest BCUT2D eigenvalue weighted by atomic mass is 10.0.